The number of thioether (sulfide) groups is 1. The summed E-state index contributed by atoms with van der Waals surface area (Å²) in [5, 5.41) is 0.289. The standard InChI is InChI=1S/C26H21ClFNO3S2/c1-16-7-9-17(10-8-16)14-29-25(30)23(34-26(29)33)13-18-11-20(27)24(22(12-18)31-2)32-15-19-5-3-4-6-21(19)28/h3-13H,14-15H2,1-2H3/b23-13-. The topological polar surface area (TPSA) is 38.8 Å². The largest absolute Gasteiger partial charge is 0.493 e. The second kappa shape index (κ2) is 10.6. The van der Waals surface area contributed by atoms with Gasteiger partial charge in [0, 0.05) is 5.56 Å². The van der Waals surface area contributed by atoms with Crippen LogP contribution in [-0.2, 0) is 17.9 Å². The number of ether oxygens (including phenoxy) is 2. The number of halogens is 2. The lowest BCUT2D eigenvalue weighted by atomic mass is 10.1. The zero-order valence-electron chi connectivity index (χ0n) is 18.5. The van der Waals surface area contributed by atoms with Gasteiger partial charge in [0.25, 0.3) is 5.91 Å². The van der Waals surface area contributed by atoms with Crippen molar-refractivity contribution >= 4 is 51.9 Å². The maximum absolute atomic E-state index is 13.9. The number of carbonyl (C=O) groups excluding carboxylic acids is 1. The number of aryl methyl sites for hydroxylation is 1. The lowest BCUT2D eigenvalue weighted by molar-refractivity contribution is -0.122. The van der Waals surface area contributed by atoms with Crippen LogP contribution >= 0.6 is 35.6 Å². The summed E-state index contributed by atoms with van der Waals surface area (Å²) in [4.78, 5) is 15.1. The first-order valence-electron chi connectivity index (χ1n) is 10.4. The third-order valence-corrected chi connectivity index (χ3v) is 6.87. The molecule has 0 unspecified atom stereocenters. The predicted molar refractivity (Wildman–Crippen MR) is 139 cm³/mol. The van der Waals surface area contributed by atoms with E-state index in [-0.39, 0.29) is 23.4 Å². The van der Waals surface area contributed by atoms with Crippen LogP contribution in [0.25, 0.3) is 6.08 Å². The molecule has 174 valence electrons. The Morgan fingerprint density at radius 1 is 1.15 bits per heavy atom. The Bertz CT molecular complexity index is 1280. The highest BCUT2D eigenvalue weighted by Crippen LogP contribution is 2.39. The number of benzene rings is 3. The Balaban J connectivity index is 1.53. The molecule has 1 fully saturated rings. The Morgan fingerprint density at radius 2 is 1.88 bits per heavy atom. The summed E-state index contributed by atoms with van der Waals surface area (Å²) in [7, 11) is 1.49. The second-order valence-corrected chi connectivity index (χ2v) is 9.75. The van der Waals surface area contributed by atoms with Gasteiger partial charge in [-0.3, -0.25) is 9.69 Å². The molecule has 0 radical (unpaired) electrons. The van der Waals surface area contributed by atoms with Crippen molar-refractivity contribution < 1.29 is 18.7 Å². The summed E-state index contributed by atoms with van der Waals surface area (Å²) in [6.07, 6.45) is 1.73. The van der Waals surface area contributed by atoms with Crippen LogP contribution in [0.4, 0.5) is 4.39 Å². The minimum Gasteiger partial charge on any atom is -0.493 e. The van der Waals surface area contributed by atoms with E-state index in [0.717, 1.165) is 11.1 Å². The highest BCUT2D eigenvalue weighted by Gasteiger charge is 2.32. The van der Waals surface area contributed by atoms with Crippen molar-refractivity contribution in [3.05, 3.63) is 98.7 Å². The van der Waals surface area contributed by atoms with Crippen LogP contribution in [0.5, 0.6) is 11.5 Å². The van der Waals surface area contributed by atoms with E-state index in [2.05, 4.69) is 0 Å². The van der Waals surface area contributed by atoms with Crippen LogP contribution in [0.3, 0.4) is 0 Å². The molecular weight excluding hydrogens is 493 g/mol. The first-order chi connectivity index (χ1) is 16.4. The van der Waals surface area contributed by atoms with Crippen molar-refractivity contribution in [2.24, 2.45) is 0 Å². The molecule has 0 N–H and O–H groups in total. The van der Waals surface area contributed by atoms with Crippen LogP contribution in [-0.4, -0.2) is 22.2 Å². The van der Waals surface area contributed by atoms with Crippen molar-refractivity contribution in [1.29, 1.82) is 0 Å². The summed E-state index contributed by atoms with van der Waals surface area (Å²) in [6, 6.07) is 17.7. The molecule has 8 heteroatoms. The van der Waals surface area contributed by atoms with Crippen LogP contribution in [0.2, 0.25) is 5.02 Å². The molecule has 1 aliphatic rings. The van der Waals surface area contributed by atoms with Gasteiger partial charge in [-0.15, -0.1) is 0 Å². The van der Waals surface area contributed by atoms with Crippen LogP contribution < -0.4 is 9.47 Å². The van der Waals surface area contributed by atoms with E-state index in [1.165, 1.54) is 24.9 Å². The molecule has 3 aromatic carbocycles. The Hall–Kier alpha value is -2.87. The third-order valence-electron chi connectivity index (χ3n) is 5.21. The van der Waals surface area contributed by atoms with Gasteiger partial charge in [0.05, 0.1) is 23.6 Å². The van der Waals surface area contributed by atoms with E-state index in [4.69, 9.17) is 33.3 Å². The molecule has 0 spiro atoms. The van der Waals surface area contributed by atoms with Crippen LogP contribution in [0.15, 0.2) is 65.6 Å². The van der Waals surface area contributed by atoms with Gasteiger partial charge in [-0.05, 0) is 42.3 Å². The quantitative estimate of drug-likeness (QED) is 0.257. The number of nitrogens with zero attached hydrogens (tertiary/aromatic N) is 1. The Kier molecular flexibility index (Phi) is 7.56. The number of hydrogen-bond donors (Lipinski definition) is 0. The molecule has 0 aliphatic carbocycles. The van der Waals surface area contributed by atoms with Crippen LogP contribution in [0.1, 0.15) is 22.3 Å². The smallest absolute Gasteiger partial charge is 0.266 e. The lowest BCUT2D eigenvalue weighted by Crippen LogP contribution is -2.27. The number of hydrogen-bond acceptors (Lipinski definition) is 5. The van der Waals surface area contributed by atoms with Crippen molar-refractivity contribution in [2.75, 3.05) is 7.11 Å². The second-order valence-electron chi connectivity index (χ2n) is 7.67. The zero-order chi connectivity index (χ0) is 24.2. The summed E-state index contributed by atoms with van der Waals surface area (Å²) in [5.74, 6) is 0.161. The van der Waals surface area contributed by atoms with Gasteiger partial charge in [0.15, 0.2) is 11.5 Å². The fraction of sp³-hybridized carbons (Fsp3) is 0.154. The first-order valence-corrected chi connectivity index (χ1v) is 12.0. The minimum absolute atomic E-state index is 0.000230. The maximum Gasteiger partial charge on any atom is 0.266 e. The third kappa shape index (κ3) is 5.43. The average molecular weight is 514 g/mol. The Labute approximate surface area is 212 Å². The minimum atomic E-state index is -0.359. The molecule has 0 atom stereocenters. The van der Waals surface area contributed by atoms with Gasteiger partial charge in [-0.2, -0.15) is 0 Å². The Morgan fingerprint density at radius 3 is 2.59 bits per heavy atom. The molecule has 4 rings (SSSR count). The zero-order valence-corrected chi connectivity index (χ0v) is 20.9. The lowest BCUT2D eigenvalue weighted by Gasteiger charge is -2.15. The van der Waals surface area contributed by atoms with Crippen LogP contribution in [0, 0.1) is 12.7 Å². The van der Waals surface area contributed by atoms with Gasteiger partial charge < -0.3 is 9.47 Å². The summed E-state index contributed by atoms with van der Waals surface area (Å²) in [6.45, 7) is 2.43. The van der Waals surface area contributed by atoms with E-state index < -0.39 is 0 Å². The van der Waals surface area contributed by atoms with Crippen molar-refractivity contribution in [3.8, 4) is 11.5 Å². The number of thiocarbonyl (C=S) groups is 1. The normalized spacial score (nSPS) is 14.7. The number of rotatable bonds is 7. The van der Waals surface area contributed by atoms with Gasteiger partial charge in [0.2, 0.25) is 0 Å². The van der Waals surface area contributed by atoms with Crippen molar-refractivity contribution in [3.63, 3.8) is 0 Å². The fourth-order valence-corrected chi connectivity index (χ4v) is 4.92. The molecular formula is C26H21ClFNO3S2. The summed E-state index contributed by atoms with van der Waals surface area (Å²) < 4.78 is 25.6. The van der Waals surface area contributed by atoms with E-state index >= 15 is 0 Å². The number of amides is 1. The predicted octanol–water partition coefficient (Wildman–Crippen LogP) is 6.78. The average Bonchev–Trinajstić information content (AvgIpc) is 3.07. The SMILES string of the molecule is COc1cc(/C=C2\SC(=S)N(Cc3ccc(C)cc3)C2=O)cc(Cl)c1OCc1ccccc1F. The number of methoxy groups -OCH3 is 1. The molecule has 1 saturated heterocycles. The monoisotopic (exact) mass is 513 g/mol. The summed E-state index contributed by atoms with van der Waals surface area (Å²) >= 11 is 13.2. The molecule has 0 aromatic heterocycles. The molecule has 0 bridgehead atoms. The van der Waals surface area contributed by atoms with E-state index in [1.807, 2.05) is 31.2 Å². The first kappa shape index (κ1) is 24.3. The molecule has 1 heterocycles. The van der Waals surface area contributed by atoms with E-state index in [9.17, 15) is 9.18 Å². The van der Waals surface area contributed by atoms with Gasteiger partial charge in [-0.1, -0.05) is 83.6 Å². The molecule has 1 aliphatic heterocycles. The molecule has 0 saturated carbocycles. The summed E-state index contributed by atoms with van der Waals surface area (Å²) in [5.41, 5.74) is 3.23. The molecule has 4 nitrogen and oxygen atoms in total. The van der Waals surface area contributed by atoms with Crippen molar-refractivity contribution in [1.82, 2.24) is 4.90 Å². The van der Waals surface area contributed by atoms with Gasteiger partial charge in [0.1, 0.15) is 16.7 Å². The molecule has 34 heavy (non-hydrogen) atoms. The van der Waals surface area contributed by atoms with E-state index in [0.29, 0.717) is 38.4 Å². The van der Waals surface area contributed by atoms with E-state index in [1.54, 1.807) is 41.3 Å². The highest BCUT2D eigenvalue weighted by molar-refractivity contribution is 8.26. The highest BCUT2D eigenvalue weighted by atomic mass is 35.5. The number of carbonyl (C=O) groups is 1. The maximum atomic E-state index is 13.9. The van der Waals surface area contributed by atoms with Crippen molar-refractivity contribution in [2.45, 2.75) is 20.1 Å². The fourth-order valence-electron chi connectivity index (χ4n) is 3.39. The van der Waals surface area contributed by atoms with Gasteiger partial charge in [-0.25, -0.2) is 4.39 Å². The molecule has 1 amide bonds. The molecule has 3 aromatic rings. The van der Waals surface area contributed by atoms with Gasteiger partial charge >= 0.3 is 0 Å².